The van der Waals surface area contributed by atoms with Crippen molar-refractivity contribution in [3.63, 3.8) is 0 Å². The topological polar surface area (TPSA) is 98.3 Å². The van der Waals surface area contributed by atoms with Crippen LogP contribution in [0, 0.1) is 10.1 Å². The molecule has 0 unspecified atom stereocenters. The summed E-state index contributed by atoms with van der Waals surface area (Å²) in [5, 5.41) is 13.6. The van der Waals surface area contributed by atoms with Crippen LogP contribution in [0.4, 0.5) is 11.4 Å². The van der Waals surface area contributed by atoms with E-state index < -0.39 is 4.92 Å². The zero-order valence-corrected chi connectivity index (χ0v) is 9.39. The van der Waals surface area contributed by atoms with E-state index in [0.717, 1.165) is 12.8 Å². The Hall–Kier alpha value is -2.11. The second kappa shape index (κ2) is 6.47. The number of nitrogens with zero attached hydrogens (tertiary/aromatic N) is 1. The van der Waals surface area contributed by atoms with Crippen LogP contribution >= 0.6 is 0 Å². The molecule has 0 aliphatic heterocycles. The smallest absolute Gasteiger partial charge is 0.271 e. The van der Waals surface area contributed by atoms with Gasteiger partial charge in [-0.25, -0.2) is 0 Å². The molecule has 0 bridgehead atoms. The van der Waals surface area contributed by atoms with Crippen LogP contribution in [0.25, 0.3) is 0 Å². The highest BCUT2D eigenvalue weighted by Gasteiger charge is 2.04. The van der Waals surface area contributed by atoms with Crippen LogP contribution < -0.4 is 11.1 Å². The van der Waals surface area contributed by atoms with Gasteiger partial charge in [0.2, 0.25) is 5.91 Å². The second-order valence-electron chi connectivity index (χ2n) is 3.66. The fraction of sp³-hybridized carbons (Fsp3) is 0.364. The summed E-state index contributed by atoms with van der Waals surface area (Å²) in [7, 11) is 0. The molecule has 0 spiro atoms. The number of carbonyl (C=O) groups excluding carboxylic acids is 1. The molecular weight excluding hydrogens is 222 g/mol. The van der Waals surface area contributed by atoms with E-state index in [4.69, 9.17) is 5.73 Å². The number of amides is 1. The van der Waals surface area contributed by atoms with Crippen molar-refractivity contribution in [1.29, 1.82) is 0 Å². The van der Waals surface area contributed by atoms with E-state index in [1.54, 1.807) is 12.1 Å². The average Bonchev–Trinajstić information content (AvgIpc) is 2.28. The number of non-ortho nitro benzene ring substituents is 1. The van der Waals surface area contributed by atoms with Gasteiger partial charge in [0.1, 0.15) is 0 Å². The Balaban J connectivity index is 2.34. The zero-order chi connectivity index (χ0) is 12.7. The number of nitrogens with one attached hydrogen (secondary N) is 1. The Morgan fingerprint density at radius 2 is 2.18 bits per heavy atom. The van der Waals surface area contributed by atoms with Crippen molar-refractivity contribution in [3.8, 4) is 0 Å². The van der Waals surface area contributed by atoms with E-state index in [0.29, 0.717) is 18.7 Å². The molecule has 1 aromatic rings. The molecule has 92 valence electrons. The highest BCUT2D eigenvalue weighted by Crippen LogP contribution is 2.16. The Morgan fingerprint density at radius 3 is 2.82 bits per heavy atom. The third-order valence-corrected chi connectivity index (χ3v) is 2.24. The monoisotopic (exact) mass is 237 g/mol. The Bertz CT molecular complexity index is 407. The summed E-state index contributed by atoms with van der Waals surface area (Å²) in [5.41, 5.74) is 5.77. The van der Waals surface area contributed by atoms with Gasteiger partial charge in [-0.15, -0.1) is 0 Å². The molecular formula is C11H15N3O3. The van der Waals surface area contributed by atoms with E-state index in [9.17, 15) is 14.9 Å². The molecule has 3 N–H and O–H groups in total. The third-order valence-electron chi connectivity index (χ3n) is 2.24. The predicted octanol–water partition coefficient (Wildman–Crippen LogP) is 1.66. The summed E-state index contributed by atoms with van der Waals surface area (Å²) < 4.78 is 0. The maximum atomic E-state index is 10.5. The third kappa shape index (κ3) is 4.96. The molecule has 0 heterocycles. The van der Waals surface area contributed by atoms with E-state index in [2.05, 4.69) is 5.32 Å². The highest BCUT2D eigenvalue weighted by molar-refractivity contribution is 5.73. The van der Waals surface area contributed by atoms with Crippen molar-refractivity contribution < 1.29 is 9.72 Å². The summed E-state index contributed by atoms with van der Waals surface area (Å²) in [6.07, 6.45) is 1.89. The standard InChI is InChI=1S/C11H15N3O3/c12-11(15)6-1-2-7-13-9-4-3-5-10(8-9)14(16)17/h3-5,8,13H,1-2,6-7H2,(H2,12,15). The maximum Gasteiger partial charge on any atom is 0.271 e. The van der Waals surface area contributed by atoms with Crippen molar-refractivity contribution in [3.05, 3.63) is 34.4 Å². The number of carbonyl (C=O) groups is 1. The highest BCUT2D eigenvalue weighted by atomic mass is 16.6. The lowest BCUT2D eigenvalue weighted by Crippen LogP contribution is -2.10. The first-order valence-electron chi connectivity index (χ1n) is 5.36. The van der Waals surface area contributed by atoms with Gasteiger partial charge in [0, 0.05) is 30.8 Å². The molecule has 0 radical (unpaired) electrons. The Morgan fingerprint density at radius 1 is 1.41 bits per heavy atom. The molecule has 6 heteroatoms. The van der Waals surface area contributed by atoms with E-state index >= 15 is 0 Å². The first-order valence-corrected chi connectivity index (χ1v) is 5.36. The quantitative estimate of drug-likeness (QED) is 0.428. The summed E-state index contributed by atoms with van der Waals surface area (Å²) in [6.45, 7) is 0.661. The average molecular weight is 237 g/mol. The molecule has 0 aliphatic carbocycles. The van der Waals surface area contributed by atoms with Gasteiger partial charge in [0.05, 0.1) is 4.92 Å². The lowest BCUT2D eigenvalue weighted by atomic mass is 10.2. The molecule has 0 saturated carbocycles. The minimum absolute atomic E-state index is 0.0622. The number of nitro benzene ring substituents is 1. The Labute approximate surface area is 99.0 Å². The molecule has 0 atom stereocenters. The van der Waals surface area contributed by atoms with Crippen LogP contribution in [0.15, 0.2) is 24.3 Å². The fourth-order valence-corrected chi connectivity index (χ4v) is 1.39. The van der Waals surface area contributed by atoms with Crippen molar-refractivity contribution in [1.82, 2.24) is 0 Å². The van der Waals surface area contributed by atoms with Crippen molar-refractivity contribution in [2.45, 2.75) is 19.3 Å². The van der Waals surface area contributed by atoms with Crippen LogP contribution in [0.2, 0.25) is 0 Å². The van der Waals surface area contributed by atoms with Gasteiger partial charge in [-0.05, 0) is 18.9 Å². The number of primary amides is 1. The summed E-state index contributed by atoms with van der Waals surface area (Å²) in [6, 6.07) is 6.32. The normalized spacial score (nSPS) is 9.88. The van der Waals surface area contributed by atoms with Crippen molar-refractivity contribution in [2.75, 3.05) is 11.9 Å². The van der Waals surface area contributed by atoms with Crippen LogP contribution in [0.3, 0.4) is 0 Å². The molecule has 0 saturated heterocycles. The SMILES string of the molecule is NC(=O)CCCCNc1cccc([N+](=O)[O-])c1. The van der Waals surface area contributed by atoms with Gasteiger partial charge in [-0.1, -0.05) is 6.07 Å². The first kappa shape index (κ1) is 13.0. The van der Waals surface area contributed by atoms with Gasteiger partial charge in [0.15, 0.2) is 0 Å². The molecule has 0 aliphatic rings. The molecule has 1 amide bonds. The second-order valence-corrected chi connectivity index (χ2v) is 3.66. The van der Waals surface area contributed by atoms with Gasteiger partial charge >= 0.3 is 0 Å². The number of benzene rings is 1. The number of hydrogen-bond donors (Lipinski definition) is 2. The number of nitro groups is 1. The van der Waals surface area contributed by atoms with Crippen LogP contribution in [-0.4, -0.2) is 17.4 Å². The Kier molecular flexibility index (Phi) is 4.93. The lowest BCUT2D eigenvalue weighted by Gasteiger charge is -2.05. The predicted molar refractivity (Wildman–Crippen MR) is 64.6 cm³/mol. The van der Waals surface area contributed by atoms with E-state index in [-0.39, 0.29) is 11.6 Å². The number of hydrogen-bond acceptors (Lipinski definition) is 4. The van der Waals surface area contributed by atoms with Crippen LogP contribution in [-0.2, 0) is 4.79 Å². The number of nitrogens with two attached hydrogens (primary N) is 1. The fourth-order valence-electron chi connectivity index (χ4n) is 1.39. The van der Waals surface area contributed by atoms with Gasteiger partial charge in [0.25, 0.3) is 5.69 Å². The van der Waals surface area contributed by atoms with E-state index in [1.165, 1.54) is 12.1 Å². The largest absolute Gasteiger partial charge is 0.385 e. The number of anilines is 1. The summed E-state index contributed by atoms with van der Waals surface area (Å²) >= 11 is 0. The number of unbranched alkanes of at least 4 members (excludes halogenated alkanes) is 1. The maximum absolute atomic E-state index is 10.5. The van der Waals surface area contributed by atoms with Crippen LogP contribution in [0.1, 0.15) is 19.3 Å². The molecule has 0 fully saturated rings. The lowest BCUT2D eigenvalue weighted by molar-refractivity contribution is -0.384. The summed E-state index contributed by atoms with van der Waals surface area (Å²) in [4.78, 5) is 20.6. The minimum Gasteiger partial charge on any atom is -0.385 e. The first-order chi connectivity index (χ1) is 8.09. The van der Waals surface area contributed by atoms with Crippen molar-refractivity contribution in [2.24, 2.45) is 5.73 Å². The van der Waals surface area contributed by atoms with Gasteiger partial charge in [-0.3, -0.25) is 14.9 Å². The minimum atomic E-state index is -0.432. The van der Waals surface area contributed by atoms with Crippen molar-refractivity contribution >= 4 is 17.3 Å². The van der Waals surface area contributed by atoms with Gasteiger partial charge < -0.3 is 11.1 Å². The molecule has 0 aromatic heterocycles. The number of rotatable bonds is 7. The van der Waals surface area contributed by atoms with E-state index in [1.807, 2.05) is 0 Å². The molecule has 1 aromatic carbocycles. The molecule has 17 heavy (non-hydrogen) atoms. The zero-order valence-electron chi connectivity index (χ0n) is 9.39. The molecule has 6 nitrogen and oxygen atoms in total. The molecule has 1 rings (SSSR count). The van der Waals surface area contributed by atoms with Crippen LogP contribution in [0.5, 0.6) is 0 Å². The van der Waals surface area contributed by atoms with Gasteiger partial charge in [-0.2, -0.15) is 0 Å². The summed E-state index contributed by atoms with van der Waals surface area (Å²) in [5.74, 6) is -0.305.